The van der Waals surface area contributed by atoms with Crippen LogP contribution in [0.1, 0.15) is 25.8 Å². The molecule has 1 aromatic rings. The molecular weight excluding hydrogens is 200 g/mol. The summed E-state index contributed by atoms with van der Waals surface area (Å²) in [6, 6.07) is 9.88. The van der Waals surface area contributed by atoms with Gasteiger partial charge in [0.15, 0.2) is 0 Å². The third-order valence-corrected chi connectivity index (χ3v) is 2.68. The summed E-state index contributed by atoms with van der Waals surface area (Å²) in [6.45, 7) is 4.94. The standard InChI is InChI=1S/C13H20N2O/c1-13(2,8-9-14)12(16)15-10-11-6-4-3-5-7-11/h3-7H,8-10,14H2,1-2H3,(H,15,16). The van der Waals surface area contributed by atoms with Crippen molar-refractivity contribution in [3.63, 3.8) is 0 Å². The van der Waals surface area contributed by atoms with E-state index in [9.17, 15) is 4.79 Å². The fraction of sp³-hybridized carbons (Fsp3) is 0.462. The zero-order valence-corrected chi connectivity index (χ0v) is 9.99. The molecule has 3 heteroatoms. The van der Waals surface area contributed by atoms with Gasteiger partial charge in [-0.2, -0.15) is 0 Å². The summed E-state index contributed by atoms with van der Waals surface area (Å²) in [5.41, 5.74) is 6.20. The minimum absolute atomic E-state index is 0.0572. The van der Waals surface area contributed by atoms with Crippen molar-refractivity contribution in [2.45, 2.75) is 26.8 Å². The second-order valence-electron chi connectivity index (χ2n) is 4.59. The molecule has 0 aromatic heterocycles. The first-order valence-electron chi connectivity index (χ1n) is 5.58. The van der Waals surface area contributed by atoms with Gasteiger partial charge in [0.2, 0.25) is 5.91 Å². The average molecular weight is 220 g/mol. The quantitative estimate of drug-likeness (QED) is 0.793. The second-order valence-corrected chi connectivity index (χ2v) is 4.59. The highest BCUT2D eigenvalue weighted by Crippen LogP contribution is 2.19. The van der Waals surface area contributed by atoms with Gasteiger partial charge in [-0.1, -0.05) is 44.2 Å². The lowest BCUT2D eigenvalue weighted by molar-refractivity contribution is -0.129. The SMILES string of the molecule is CC(C)(CCN)C(=O)NCc1ccccc1. The molecule has 0 bridgehead atoms. The van der Waals surface area contributed by atoms with Gasteiger partial charge < -0.3 is 11.1 Å². The second kappa shape index (κ2) is 5.66. The predicted octanol–water partition coefficient (Wildman–Crippen LogP) is 1.68. The van der Waals surface area contributed by atoms with E-state index in [0.717, 1.165) is 5.56 Å². The lowest BCUT2D eigenvalue weighted by Gasteiger charge is -2.22. The molecule has 1 rings (SSSR count). The molecule has 0 aliphatic rings. The van der Waals surface area contributed by atoms with E-state index in [1.165, 1.54) is 0 Å². The topological polar surface area (TPSA) is 55.1 Å². The predicted molar refractivity (Wildman–Crippen MR) is 65.7 cm³/mol. The Bertz CT molecular complexity index is 333. The number of nitrogens with one attached hydrogen (secondary N) is 1. The van der Waals surface area contributed by atoms with Gasteiger partial charge in [0.05, 0.1) is 0 Å². The van der Waals surface area contributed by atoms with Crippen LogP contribution in [0.2, 0.25) is 0 Å². The van der Waals surface area contributed by atoms with Crippen LogP contribution in [0.3, 0.4) is 0 Å². The van der Waals surface area contributed by atoms with E-state index < -0.39 is 0 Å². The third-order valence-electron chi connectivity index (χ3n) is 2.68. The van der Waals surface area contributed by atoms with E-state index in [1.54, 1.807) is 0 Å². The van der Waals surface area contributed by atoms with E-state index in [1.807, 2.05) is 44.2 Å². The Kier molecular flexibility index (Phi) is 4.50. The molecule has 0 heterocycles. The molecule has 0 spiro atoms. The maximum atomic E-state index is 11.9. The van der Waals surface area contributed by atoms with Gasteiger partial charge >= 0.3 is 0 Å². The van der Waals surface area contributed by atoms with Gasteiger partial charge in [0.1, 0.15) is 0 Å². The molecule has 3 nitrogen and oxygen atoms in total. The number of nitrogens with two attached hydrogens (primary N) is 1. The molecule has 0 atom stereocenters. The first kappa shape index (κ1) is 12.7. The molecule has 16 heavy (non-hydrogen) atoms. The van der Waals surface area contributed by atoms with E-state index in [0.29, 0.717) is 19.5 Å². The highest BCUT2D eigenvalue weighted by Gasteiger charge is 2.25. The van der Waals surface area contributed by atoms with Crippen LogP contribution in [0.15, 0.2) is 30.3 Å². The molecule has 1 amide bonds. The smallest absolute Gasteiger partial charge is 0.225 e. The summed E-state index contributed by atoms with van der Waals surface area (Å²) in [7, 11) is 0. The zero-order chi connectivity index (χ0) is 12.0. The summed E-state index contributed by atoms with van der Waals surface area (Å²) in [5.74, 6) is 0.0572. The third kappa shape index (κ3) is 3.66. The van der Waals surface area contributed by atoms with E-state index in [2.05, 4.69) is 5.32 Å². The normalized spacial score (nSPS) is 11.2. The van der Waals surface area contributed by atoms with Crippen LogP contribution in [0.25, 0.3) is 0 Å². The molecule has 0 fully saturated rings. The molecule has 0 aliphatic heterocycles. The fourth-order valence-electron chi connectivity index (χ4n) is 1.49. The van der Waals surface area contributed by atoms with Crippen LogP contribution in [-0.4, -0.2) is 12.5 Å². The van der Waals surface area contributed by atoms with Gasteiger partial charge in [0.25, 0.3) is 0 Å². The number of carbonyl (C=O) groups is 1. The summed E-state index contributed by atoms with van der Waals surface area (Å²) >= 11 is 0. The van der Waals surface area contributed by atoms with Crippen LogP contribution in [-0.2, 0) is 11.3 Å². The average Bonchev–Trinajstić information content (AvgIpc) is 2.27. The molecule has 1 aromatic carbocycles. The Labute approximate surface area is 97.0 Å². The van der Waals surface area contributed by atoms with Crippen molar-refractivity contribution in [3.8, 4) is 0 Å². The van der Waals surface area contributed by atoms with E-state index >= 15 is 0 Å². The minimum Gasteiger partial charge on any atom is -0.352 e. The number of hydrogen-bond donors (Lipinski definition) is 2. The van der Waals surface area contributed by atoms with Crippen molar-refractivity contribution >= 4 is 5.91 Å². The fourth-order valence-corrected chi connectivity index (χ4v) is 1.49. The van der Waals surface area contributed by atoms with Crippen molar-refractivity contribution in [2.75, 3.05) is 6.54 Å². The Morgan fingerprint density at radius 1 is 1.31 bits per heavy atom. The Hall–Kier alpha value is -1.35. The van der Waals surface area contributed by atoms with Crippen molar-refractivity contribution in [3.05, 3.63) is 35.9 Å². The maximum absolute atomic E-state index is 11.9. The number of amides is 1. The van der Waals surface area contributed by atoms with Gasteiger partial charge in [-0.15, -0.1) is 0 Å². The molecule has 0 aliphatic carbocycles. The summed E-state index contributed by atoms with van der Waals surface area (Å²) < 4.78 is 0. The van der Waals surface area contributed by atoms with Gasteiger partial charge in [0, 0.05) is 12.0 Å². The number of rotatable bonds is 5. The highest BCUT2D eigenvalue weighted by atomic mass is 16.2. The van der Waals surface area contributed by atoms with E-state index in [-0.39, 0.29) is 11.3 Å². The molecule has 88 valence electrons. The first-order chi connectivity index (χ1) is 7.56. The number of hydrogen-bond acceptors (Lipinski definition) is 2. The minimum atomic E-state index is -0.385. The van der Waals surface area contributed by atoms with Crippen LogP contribution in [0.4, 0.5) is 0 Å². The molecule has 0 saturated heterocycles. The Balaban J connectivity index is 2.47. The lowest BCUT2D eigenvalue weighted by atomic mass is 9.88. The van der Waals surface area contributed by atoms with Crippen molar-refractivity contribution in [2.24, 2.45) is 11.1 Å². The molecule has 0 unspecified atom stereocenters. The number of carbonyl (C=O) groups excluding carboxylic acids is 1. The molecule has 0 saturated carbocycles. The largest absolute Gasteiger partial charge is 0.352 e. The summed E-state index contributed by atoms with van der Waals surface area (Å²) in [4.78, 5) is 11.9. The van der Waals surface area contributed by atoms with Crippen molar-refractivity contribution < 1.29 is 4.79 Å². The van der Waals surface area contributed by atoms with Crippen molar-refractivity contribution in [1.29, 1.82) is 0 Å². The maximum Gasteiger partial charge on any atom is 0.225 e. The first-order valence-corrected chi connectivity index (χ1v) is 5.58. The van der Waals surface area contributed by atoms with Gasteiger partial charge in [-0.25, -0.2) is 0 Å². The van der Waals surface area contributed by atoms with Crippen molar-refractivity contribution in [1.82, 2.24) is 5.32 Å². The van der Waals surface area contributed by atoms with Gasteiger partial charge in [-0.3, -0.25) is 4.79 Å². The molecule has 3 N–H and O–H groups in total. The van der Waals surface area contributed by atoms with Crippen LogP contribution >= 0.6 is 0 Å². The monoisotopic (exact) mass is 220 g/mol. The molecule has 0 radical (unpaired) electrons. The lowest BCUT2D eigenvalue weighted by Crippen LogP contribution is -2.37. The Morgan fingerprint density at radius 2 is 1.94 bits per heavy atom. The Morgan fingerprint density at radius 3 is 2.50 bits per heavy atom. The summed E-state index contributed by atoms with van der Waals surface area (Å²) in [6.07, 6.45) is 0.702. The zero-order valence-electron chi connectivity index (χ0n) is 9.99. The van der Waals surface area contributed by atoms with Crippen LogP contribution in [0, 0.1) is 5.41 Å². The van der Waals surface area contributed by atoms with Gasteiger partial charge in [-0.05, 0) is 18.5 Å². The van der Waals surface area contributed by atoms with E-state index in [4.69, 9.17) is 5.73 Å². The molecular formula is C13H20N2O. The highest BCUT2D eigenvalue weighted by molar-refractivity contribution is 5.81. The summed E-state index contributed by atoms with van der Waals surface area (Å²) in [5, 5.41) is 2.93. The van der Waals surface area contributed by atoms with Crippen LogP contribution in [0.5, 0.6) is 0 Å². The van der Waals surface area contributed by atoms with Crippen LogP contribution < -0.4 is 11.1 Å². The number of benzene rings is 1.